The lowest BCUT2D eigenvalue weighted by molar-refractivity contribution is 0.276. The Bertz CT molecular complexity index is 273. The molecule has 1 rings (SSSR count). The zero-order chi connectivity index (χ0) is 11.1. The number of aryl methyl sites for hydroxylation is 1. The Labute approximate surface area is 91.3 Å². The molecule has 0 aromatic carbocycles. The van der Waals surface area contributed by atoms with Crippen molar-refractivity contribution in [2.45, 2.75) is 32.2 Å². The first kappa shape index (κ1) is 12.2. The highest BCUT2D eigenvalue weighted by Crippen LogP contribution is 1.98. The Kier molecular flexibility index (Phi) is 5.36. The standard InChI is InChI=1S/C11H21N3O/c1-10(4-3-9-15)12-7-5-11-6-8-13-14(11)2/h6,8,10,12,15H,3-5,7,9H2,1-2H3. The van der Waals surface area contributed by atoms with Gasteiger partial charge in [0.2, 0.25) is 0 Å². The van der Waals surface area contributed by atoms with Crippen LogP contribution in [0.25, 0.3) is 0 Å². The number of nitrogens with one attached hydrogen (secondary N) is 1. The summed E-state index contributed by atoms with van der Waals surface area (Å²) in [6.07, 6.45) is 4.73. The van der Waals surface area contributed by atoms with Gasteiger partial charge in [-0.3, -0.25) is 4.68 Å². The molecule has 0 radical (unpaired) electrons. The maximum absolute atomic E-state index is 8.69. The van der Waals surface area contributed by atoms with Crippen LogP contribution in [0.5, 0.6) is 0 Å². The fourth-order valence-electron chi connectivity index (χ4n) is 1.59. The van der Waals surface area contributed by atoms with Crippen molar-refractivity contribution >= 4 is 0 Å². The molecule has 86 valence electrons. The Morgan fingerprint density at radius 3 is 3.00 bits per heavy atom. The van der Waals surface area contributed by atoms with E-state index in [0.717, 1.165) is 25.8 Å². The van der Waals surface area contributed by atoms with Crippen molar-refractivity contribution in [3.8, 4) is 0 Å². The summed E-state index contributed by atoms with van der Waals surface area (Å²) in [4.78, 5) is 0. The number of nitrogens with zero attached hydrogens (tertiary/aromatic N) is 2. The minimum Gasteiger partial charge on any atom is -0.396 e. The highest BCUT2D eigenvalue weighted by atomic mass is 16.2. The van der Waals surface area contributed by atoms with Crippen molar-refractivity contribution in [2.24, 2.45) is 7.05 Å². The quantitative estimate of drug-likeness (QED) is 0.698. The van der Waals surface area contributed by atoms with Crippen molar-refractivity contribution in [1.29, 1.82) is 0 Å². The summed E-state index contributed by atoms with van der Waals surface area (Å²) < 4.78 is 1.90. The summed E-state index contributed by atoms with van der Waals surface area (Å²) in [7, 11) is 1.96. The third kappa shape index (κ3) is 4.44. The SMILES string of the molecule is CC(CCCO)NCCc1ccnn1C. The van der Waals surface area contributed by atoms with Crippen LogP contribution in [0.1, 0.15) is 25.5 Å². The molecule has 0 aliphatic heterocycles. The van der Waals surface area contributed by atoms with Crippen molar-refractivity contribution in [1.82, 2.24) is 15.1 Å². The van der Waals surface area contributed by atoms with Crippen LogP contribution in [-0.2, 0) is 13.5 Å². The van der Waals surface area contributed by atoms with E-state index in [1.165, 1.54) is 5.69 Å². The molecule has 0 aliphatic rings. The Morgan fingerprint density at radius 2 is 2.40 bits per heavy atom. The molecule has 0 spiro atoms. The van der Waals surface area contributed by atoms with E-state index in [2.05, 4.69) is 17.3 Å². The smallest absolute Gasteiger partial charge is 0.0492 e. The fraction of sp³-hybridized carbons (Fsp3) is 0.727. The summed E-state index contributed by atoms with van der Waals surface area (Å²) in [5.41, 5.74) is 1.25. The summed E-state index contributed by atoms with van der Waals surface area (Å²) in [6, 6.07) is 2.52. The fourth-order valence-corrected chi connectivity index (χ4v) is 1.59. The van der Waals surface area contributed by atoms with Crippen LogP contribution < -0.4 is 5.32 Å². The normalized spacial score (nSPS) is 13.0. The molecule has 1 unspecified atom stereocenters. The molecule has 0 saturated carbocycles. The average molecular weight is 211 g/mol. The molecule has 0 amide bonds. The van der Waals surface area contributed by atoms with Crippen LogP contribution in [0.15, 0.2) is 12.3 Å². The van der Waals surface area contributed by atoms with Crippen molar-refractivity contribution in [3.05, 3.63) is 18.0 Å². The molecule has 1 aromatic rings. The van der Waals surface area contributed by atoms with Gasteiger partial charge in [0, 0.05) is 44.6 Å². The van der Waals surface area contributed by atoms with Gasteiger partial charge in [0.05, 0.1) is 0 Å². The van der Waals surface area contributed by atoms with Crippen LogP contribution >= 0.6 is 0 Å². The first-order valence-corrected chi connectivity index (χ1v) is 5.55. The molecule has 4 nitrogen and oxygen atoms in total. The third-order valence-electron chi connectivity index (χ3n) is 2.59. The van der Waals surface area contributed by atoms with E-state index in [4.69, 9.17) is 5.11 Å². The zero-order valence-electron chi connectivity index (χ0n) is 9.61. The van der Waals surface area contributed by atoms with E-state index < -0.39 is 0 Å². The number of hydrogen-bond acceptors (Lipinski definition) is 3. The van der Waals surface area contributed by atoms with E-state index in [0.29, 0.717) is 6.04 Å². The predicted octanol–water partition coefficient (Wildman–Crippen LogP) is 0.713. The van der Waals surface area contributed by atoms with E-state index in [1.807, 2.05) is 24.0 Å². The first-order chi connectivity index (χ1) is 7.24. The highest BCUT2D eigenvalue weighted by molar-refractivity contribution is 5.00. The maximum Gasteiger partial charge on any atom is 0.0492 e. The van der Waals surface area contributed by atoms with E-state index in [1.54, 1.807) is 0 Å². The lowest BCUT2D eigenvalue weighted by Crippen LogP contribution is -2.28. The molecule has 0 saturated heterocycles. The minimum absolute atomic E-state index is 0.285. The van der Waals surface area contributed by atoms with Crippen LogP contribution in [-0.4, -0.2) is 34.1 Å². The largest absolute Gasteiger partial charge is 0.396 e. The summed E-state index contributed by atoms with van der Waals surface area (Å²) in [5.74, 6) is 0. The van der Waals surface area contributed by atoms with Gasteiger partial charge in [0.15, 0.2) is 0 Å². The van der Waals surface area contributed by atoms with Crippen LogP contribution in [0.2, 0.25) is 0 Å². The molecule has 2 N–H and O–H groups in total. The Hall–Kier alpha value is -0.870. The number of aromatic nitrogens is 2. The van der Waals surface area contributed by atoms with E-state index in [-0.39, 0.29) is 6.61 Å². The Morgan fingerprint density at radius 1 is 1.60 bits per heavy atom. The van der Waals surface area contributed by atoms with E-state index >= 15 is 0 Å². The molecule has 4 heteroatoms. The molecular weight excluding hydrogens is 190 g/mol. The van der Waals surface area contributed by atoms with Gasteiger partial charge in [-0.2, -0.15) is 5.10 Å². The molecule has 1 heterocycles. The molecule has 15 heavy (non-hydrogen) atoms. The number of rotatable bonds is 7. The van der Waals surface area contributed by atoms with Gasteiger partial charge in [-0.05, 0) is 25.8 Å². The first-order valence-electron chi connectivity index (χ1n) is 5.55. The topological polar surface area (TPSA) is 50.1 Å². The molecule has 0 bridgehead atoms. The van der Waals surface area contributed by atoms with Crippen LogP contribution in [0.4, 0.5) is 0 Å². The highest BCUT2D eigenvalue weighted by Gasteiger charge is 2.02. The van der Waals surface area contributed by atoms with E-state index in [9.17, 15) is 0 Å². The van der Waals surface area contributed by atoms with Crippen molar-refractivity contribution < 1.29 is 5.11 Å². The van der Waals surface area contributed by atoms with Crippen molar-refractivity contribution in [2.75, 3.05) is 13.2 Å². The van der Waals surface area contributed by atoms with Gasteiger partial charge in [-0.25, -0.2) is 0 Å². The van der Waals surface area contributed by atoms with Crippen molar-refractivity contribution in [3.63, 3.8) is 0 Å². The van der Waals surface area contributed by atoms with Gasteiger partial charge in [-0.15, -0.1) is 0 Å². The van der Waals surface area contributed by atoms with Crippen LogP contribution in [0, 0.1) is 0 Å². The summed E-state index contributed by atoms with van der Waals surface area (Å²) >= 11 is 0. The summed E-state index contributed by atoms with van der Waals surface area (Å²) in [6.45, 7) is 3.40. The van der Waals surface area contributed by atoms with Gasteiger partial charge >= 0.3 is 0 Å². The monoisotopic (exact) mass is 211 g/mol. The number of hydrogen-bond donors (Lipinski definition) is 2. The second-order valence-corrected chi connectivity index (χ2v) is 3.92. The third-order valence-corrected chi connectivity index (χ3v) is 2.59. The minimum atomic E-state index is 0.285. The molecular formula is C11H21N3O. The maximum atomic E-state index is 8.69. The Balaban J connectivity index is 2.13. The van der Waals surface area contributed by atoms with Crippen LogP contribution in [0.3, 0.4) is 0 Å². The number of aliphatic hydroxyl groups excluding tert-OH is 1. The number of aliphatic hydroxyl groups is 1. The van der Waals surface area contributed by atoms with Gasteiger partial charge < -0.3 is 10.4 Å². The predicted molar refractivity (Wildman–Crippen MR) is 60.7 cm³/mol. The zero-order valence-corrected chi connectivity index (χ0v) is 9.61. The lowest BCUT2D eigenvalue weighted by Gasteiger charge is -2.12. The summed E-state index contributed by atoms with van der Waals surface area (Å²) in [5, 5.41) is 16.2. The van der Waals surface area contributed by atoms with Gasteiger partial charge in [-0.1, -0.05) is 0 Å². The average Bonchev–Trinajstić information content (AvgIpc) is 2.61. The van der Waals surface area contributed by atoms with Gasteiger partial charge in [0.25, 0.3) is 0 Å². The molecule has 0 aliphatic carbocycles. The molecule has 1 aromatic heterocycles. The second kappa shape index (κ2) is 6.58. The second-order valence-electron chi connectivity index (χ2n) is 3.92. The lowest BCUT2D eigenvalue weighted by atomic mass is 10.2. The molecule has 0 fully saturated rings. The van der Waals surface area contributed by atoms with Gasteiger partial charge in [0.1, 0.15) is 0 Å². The molecule has 1 atom stereocenters.